The maximum atomic E-state index is 12.3. The zero-order valence-electron chi connectivity index (χ0n) is 11.8. The highest BCUT2D eigenvalue weighted by Crippen LogP contribution is 2.07. The fourth-order valence-corrected chi connectivity index (χ4v) is 2.34. The van der Waals surface area contributed by atoms with Gasteiger partial charge in [0.2, 0.25) is 5.91 Å². The number of benzene rings is 1. The molecule has 3 amide bonds. The Morgan fingerprint density at radius 1 is 1.35 bits per heavy atom. The number of nitrogens with one attached hydrogen (secondary N) is 1. The molecule has 110 valence electrons. The molecule has 0 fully saturated rings. The molecule has 0 bridgehead atoms. The van der Waals surface area contributed by atoms with Gasteiger partial charge in [-0.05, 0) is 24.0 Å². The molecule has 20 heavy (non-hydrogen) atoms. The van der Waals surface area contributed by atoms with E-state index in [0.29, 0.717) is 13.0 Å². The number of urea groups is 1. The normalized spacial score (nSPS) is 11.7. The van der Waals surface area contributed by atoms with E-state index in [1.165, 1.54) is 0 Å². The third-order valence-electron chi connectivity index (χ3n) is 2.86. The molecule has 1 aromatic rings. The molecule has 5 nitrogen and oxygen atoms in total. The summed E-state index contributed by atoms with van der Waals surface area (Å²) in [6.45, 7) is 0.510. The monoisotopic (exact) mass is 295 g/mol. The van der Waals surface area contributed by atoms with Gasteiger partial charge in [-0.3, -0.25) is 4.79 Å². The molecule has 3 N–H and O–H groups in total. The van der Waals surface area contributed by atoms with Crippen LogP contribution < -0.4 is 11.1 Å². The van der Waals surface area contributed by atoms with Crippen molar-refractivity contribution >= 4 is 23.7 Å². The van der Waals surface area contributed by atoms with E-state index in [1.54, 1.807) is 23.7 Å². The maximum Gasteiger partial charge on any atom is 0.312 e. The first-order valence-corrected chi connectivity index (χ1v) is 7.77. The molecule has 6 heteroatoms. The summed E-state index contributed by atoms with van der Waals surface area (Å²) >= 11 is 1.63. The summed E-state index contributed by atoms with van der Waals surface area (Å²) in [7, 11) is 1.73. The Labute approximate surface area is 123 Å². The van der Waals surface area contributed by atoms with Gasteiger partial charge in [0.1, 0.15) is 6.04 Å². The molecule has 1 atom stereocenters. The highest BCUT2D eigenvalue weighted by molar-refractivity contribution is 7.98. The fourth-order valence-electron chi connectivity index (χ4n) is 1.87. The molecule has 1 unspecified atom stereocenters. The highest BCUT2D eigenvalue weighted by atomic mass is 32.2. The van der Waals surface area contributed by atoms with Crippen LogP contribution in [-0.4, -0.2) is 41.9 Å². The van der Waals surface area contributed by atoms with Gasteiger partial charge < -0.3 is 16.0 Å². The van der Waals surface area contributed by atoms with Crippen LogP contribution >= 0.6 is 11.8 Å². The Hall–Kier alpha value is -1.69. The van der Waals surface area contributed by atoms with Crippen LogP contribution in [0.25, 0.3) is 0 Å². The van der Waals surface area contributed by atoms with E-state index in [-0.39, 0.29) is 5.91 Å². The number of hydrogen-bond donors (Lipinski definition) is 2. The summed E-state index contributed by atoms with van der Waals surface area (Å²) in [5, 5.41) is 2.52. The predicted octanol–water partition coefficient (Wildman–Crippen LogP) is 1.43. The lowest BCUT2D eigenvalue weighted by atomic mass is 10.1. The Balaban J connectivity index is 2.64. The number of carbonyl (C=O) groups is 2. The van der Waals surface area contributed by atoms with Crippen molar-refractivity contribution in [1.82, 2.24) is 10.2 Å². The molecule has 0 heterocycles. The third-order valence-corrected chi connectivity index (χ3v) is 3.51. The number of amides is 3. The number of carbonyl (C=O) groups excluding carboxylic acids is 2. The lowest BCUT2D eigenvalue weighted by Crippen LogP contribution is -2.49. The minimum atomic E-state index is -0.669. The quantitative estimate of drug-likeness (QED) is 0.799. The zero-order chi connectivity index (χ0) is 15.0. The van der Waals surface area contributed by atoms with Gasteiger partial charge in [-0.25, -0.2) is 4.79 Å². The van der Waals surface area contributed by atoms with Gasteiger partial charge in [0.05, 0.1) is 0 Å². The van der Waals surface area contributed by atoms with Crippen molar-refractivity contribution in [1.29, 1.82) is 0 Å². The number of primary amides is 1. The maximum absolute atomic E-state index is 12.3. The van der Waals surface area contributed by atoms with Crippen LogP contribution in [0.5, 0.6) is 0 Å². The molecule has 0 aliphatic rings. The Morgan fingerprint density at radius 3 is 2.55 bits per heavy atom. The first kappa shape index (κ1) is 16.4. The summed E-state index contributed by atoms with van der Waals surface area (Å²) in [6, 6.07) is 8.48. The second kappa shape index (κ2) is 8.47. The van der Waals surface area contributed by atoms with Gasteiger partial charge in [0.25, 0.3) is 0 Å². The predicted molar refractivity (Wildman–Crippen MR) is 82.4 cm³/mol. The second-order valence-corrected chi connectivity index (χ2v) is 5.51. The van der Waals surface area contributed by atoms with Crippen molar-refractivity contribution in [2.75, 3.05) is 19.1 Å². The van der Waals surface area contributed by atoms with E-state index in [2.05, 4.69) is 5.32 Å². The van der Waals surface area contributed by atoms with E-state index < -0.39 is 12.1 Å². The van der Waals surface area contributed by atoms with E-state index in [0.717, 1.165) is 11.3 Å². The summed E-state index contributed by atoms with van der Waals surface area (Å²) in [5.41, 5.74) is 6.18. The third kappa shape index (κ3) is 5.52. The lowest BCUT2D eigenvalue weighted by molar-refractivity contribution is -0.132. The van der Waals surface area contributed by atoms with Crippen LogP contribution in [-0.2, 0) is 11.3 Å². The summed E-state index contributed by atoms with van der Waals surface area (Å²) in [5.74, 6) is 0.664. The van der Waals surface area contributed by atoms with Crippen LogP contribution in [0, 0.1) is 0 Å². The minimum absolute atomic E-state index is 0.123. The average Bonchev–Trinajstić information content (AvgIpc) is 2.43. The zero-order valence-corrected chi connectivity index (χ0v) is 12.7. The molecule has 0 radical (unpaired) electrons. The molecular formula is C14H21N3O2S. The number of rotatable bonds is 7. The van der Waals surface area contributed by atoms with Gasteiger partial charge in [-0.15, -0.1) is 0 Å². The molecule has 0 saturated heterocycles. The summed E-state index contributed by atoms with van der Waals surface area (Å²) in [4.78, 5) is 24.9. The summed E-state index contributed by atoms with van der Waals surface area (Å²) < 4.78 is 0. The topological polar surface area (TPSA) is 75.4 Å². The van der Waals surface area contributed by atoms with Crippen molar-refractivity contribution in [3.05, 3.63) is 35.9 Å². The molecule has 0 spiro atoms. The first-order valence-electron chi connectivity index (χ1n) is 6.38. The van der Waals surface area contributed by atoms with Crippen molar-refractivity contribution in [2.24, 2.45) is 5.73 Å². The van der Waals surface area contributed by atoms with E-state index in [1.807, 2.05) is 36.6 Å². The Morgan fingerprint density at radius 2 is 2.00 bits per heavy atom. The van der Waals surface area contributed by atoms with E-state index >= 15 is 0 Å². The fraction of sp³-hybridized carbons (Fsp3) is 0.429. The highest BCUT2D eigenvalue weighted by Gasteiger charge is 2.22. The van der Waals surface area contributed by atoms with E-state index in [9.17, 15) is 9.59 Å². The van der Waals surface area contributed by atoms with Crippen LogP contribution in [0.4, 0.5) is 4.79 Å². The van der Waals surface area contributed by atoms with Gasteiger partial charge in [-0.2, -0.15) is 11.8 Å². The van der Waals surface area contributed by atoms with Crippen LogP contribution in [0.1, 0.15) is 12.0 Å². The second-order valence-electron chi connectivity index (χ2n) is 4.52. The van der Waals surface area contributed by atoms with Crippen LogP contribution in [0.15, 0.2) is 30.3 Å². The van der Waals surface area contributed by atoms with Gasteiger partial charge in [0, 0.05) is 13.6 Å². The largest absolute Gasteiger partial charge is 0.352 e. The van der Waals surface area contributed by atoms with E-state index in [4.69, 9.17) is 5.73 Å². The van der Waals surface area contributed by atoms with Gasteiger partial charge in [-0.1, -0.05) is 30.3 Å². The number of likely N-dealkylation sites (N-methyl/N-ethyl adjacent to an activating group) is 1. The SMILES string of the molecule is CSCCC(NC(N)=O)C(=O)N(C)Cc1ccccc1. The summed E-state index contributed by atoms with van der Waals surface area (Å²) in [6.07, 6.45) is 2.53. The minimum Gasteiger partial charge on any atom is -0.352 e. The number of nitrogens with zero attached hydrogens (tertiary/aromatic N) is 1. The van der Waals surface area contributed by atoms with Gasteiger partial charge >= 0.3 is 6.03 Å². The van der Waals surface area contributed by atoms with Crippen LogP contribution in [0.2, 0.25) is 0 Å². The molecule has 0 aliphatic heterocycles. The van der Waals surface area contributed by atoms with Crippen molar-refractivity contribution in [3.8, 4) is 0 Å². The smallest absolute Gasteiger partial charge is 0.312 e. The van der Waals surface area contributed by atoms with Crippen molar-refractivity contribution in [2.45, 2.75) is 19.0 Å². The Bertz CT molecular complexity index is 439. The van der Waals surface area contributed by atoms with Crippen molar-refractivity contribution in [3.63, 3.8) is 0 Å². The molecular weight excluding hydrogens is 274 g/mol. The number of thioether (sulfide) groups is 1. The molecule has 0 aliphatic carbocycles. The molecule has 0 saturated carbocycles. The molecule has 1 rings (SSSR count). The standard InChI is InChI=1S/C14H21N3O2S/c1-17(10-11-6-4-3-5-7-11)13(18)12(8-9-20-2)16-14(15)19/h3-7,12H,8-10H2,1-2H3,(H3,15,16,19). The van der Waals surface area contributed by atoms with Crippen LogP contribution in [0.3, 0.4) is 0 Å². The lowest BCUT2D eigenvalue weighted by Gasteiger charge is -2.24. The van der Waals surface area contributed by atoms with Crippen molar-refractivity contribution < 1.29 is 9.59 Å². The molecule has 1 aromatic carbocycles. The molecule has 0 aromatic heterocycles. The average molecular weight is 295 g/mol. The first-order chi connectivity index (χ1) is 9.54. The number of nitrogens with two attached hydrogens (primary N) is 1. The van der Waals surface area contributed by atoms with Gasteiger partial charge in [0.15, 0.2) is 0 Å². The Kier molecular flexibility index (Phi) is 6.93. The number of hydrogen-bond acceptors (Lipinski definition) is 3.